The zero-order valence-electron chi connectivity index (χ0n) is 33.0. The SMILES string of the molecule is CCC=CCC=CCC=CCC=CCC=CCC=CCCC(=O)NCCNCCNP(=O)(OCC1OC(n2ccc(=O)[nH]c2=O)C(F)C1(C)O)Oc1ccccc1. The number of hydrogen-bond acceptors (Lipinski definition) is 9. The van der Waals surface area contributed by atoms with E-state index >= 15 is 4.39 Å². The Bertz CT molecular complexity index is 1820. The number of para-hydroxylation sites is 1. The molecule has 0 spiro atoms. The lowest BCUT2D eigenvalue weighted by molar-refractivity contribution is -0.120. The topological polar surface area (TPSA) is 173 Å². The molecular formula is C42H59FN5O8P. The number of benzene rings is 1. The van der Waals surface area contributed by atoms with Gasteiger partial charge in [0.1, 0.15) is 17.5 Å². The van der Waals surface area contributed by atoms with Gasteiger partial charge in [-0.05, 0) is 64.0 Å². The number of nitrogens with zero attached hydrogens (tertiary/aromatic N) is 1. The molecule has 1 fully saturated rings. The van der Waals surface area contributed by atoms with Gasteiger partial charge in [0.15, 0.2) is 12.4 Å². The highest BCUT2D eigenvalue weighted by Gasteiger charge is 2.55. The molecule has 5 unspecified atom stereocenters. The van der Waals surface area contributed by atoms with Crippen molar-refractivity contribution in [1.29, 1.82) is 0 Å². The van der Waals surface area contributed by atoms with E-state index in [1.165, 1.54) is 6.92 Å². The monoisotopic (exact) mass is 811 g/mol. The lowest BCUT2D eigenvalue weighted by Gasteiger charge is -2.27. The molecule has 0 radical (unpaired) electrons. The third kappa shape index (κ3) is 18.1. The van der Waals surface area contributed by atoms with E-state index in [9.17, 15) is 24.1 Å². The van der Waals surface area contributed by atoms with Gasteiger partial charge in [-0.1, -0.05) is 98.0 Å². The Morgan fingerprint density at radius 2 is 1.47 bits per heavy atom. The number of aromatic nitrogens is 2. The van der Waals surface area contributed by atoms with Gasteiger partial charge in [0, 0.05) is 44.9 Å². The van der Waals surface area contributed by atoms with Gasteiger partial charge >= 0.3 is 13.4 Å². The highest BCUT2D eigenvalue weighted by atomic mass is 31.2. The predicted octanol–water partition coefficient (Wildman–Crippen LogP) is 6.50. The lowest BCUT2D eigenvalue weighted by Crippen LogP contribution is -2.45. The van der Waals surface area contributed by atoms with Crippen molar-refractivity contribution in [1.82, 2.24) is 25.3 Å². The molecule has 0 bridgehead atoms. The summed E-state index contributed by atoms with van der Waals surface area (Å²) in [4.78, 5) is 38.0. The van der Waals surface area contributed by atoms with Crippen LogP contribution in [0.15, 0.2) is 125 Å². The van der Waals surface area contributed by atoms with Gasteiger partial charge in [0.05, 0.1) is 6.61 Å². The van der Waals surface area contributed by atoms with Crippen molar-refractivity contribution in [3.63, 3.8) is 0 Å². The van der Waals surface area contributed by atoms with Crippen LogP contribution in [-0.4, -0.2) is 71.2 Å². The number of amides is 1. The zero-order valence-corrected chi connectivity index (χ0v) is 33.9. The van der Waals surface area contributed by atoms with Crippen LogP contribution in [0.5, 0.6) is 5.75 Å². The minimum absolute atomic E-state index is 0.0585. The number of allylic oxidation sites excluding steroid dienone is 12. The summed E-state index contributed by atoms with van der Waals surface area (Å²) in [6.07, 6.45) is 28.5. The van der Waals surface area contributed by atoms with Gasteiger partial charge < -0.3 is 25.0 Å². The van der Waals surface area contributed by atoms with E-state index in [4.69, 9.17) is 13.8 Å². The average Bonchev–Trinajstić information content (AvgIpc) is 3.41. The summed E-state index contributed by atoms with van der Waals surface area (Å²) in [7, 11) is -4.10. The van der Waals surface area contributed by atoms with E-state index in [0.29, 0.717) is 32.5 Å². The number of ether oxygens (including phenoxy) is 1. The number of hydrogen-bond donors (Lipinski definition) is 5. The van der Waals surface area contributed by atoms with Crippen molar-refractivity contribution < 1.29 is 32.6 Å². The molecular weight excluding hydrogens is 752 g/mol. The van der Waals surface area contributed by atoms with Crippen LogP contribution in [0.1, 0.15) is 71.4 Å². The van der Waals surface area contributed by atoms with Crippen LogP contribution in [0.25, 0.3) is 0 Å². The summed E-state index contributed by atoms with van der Waals surface area (Å²) in [6, 6.07) is 9.32. The summed E-state index contributed by atoms with van der Waals surface area (Å²) in [5, 5.41) is 19.7. The van der Waals surface area contributed by atoms with E-state index in [-0.39, 0.29) is 18.2 Å². The number of aliphatic hydroxyl groups is 1. The molecule has 13 nitrogen and oxygen atoms in total. The van der Waals surface area contributed by atoms with Gasteiger partial charge in [0.25, 0.3) is 5.56 Å². The first-order valence-electron chi connectivity index (χ1n) is 19.5. The molecule has 1 saturated heterocycles. The first-order valence-corrected chi connectivity index (χ1v) is 21.0. The normalized spacial score (nSPS) is 21.2. The van der Waals surface area contributed by atoms with Crippen LogP contribution >= 0.6 is 7.75 Å². The van der Waals surface area contributed by atoms with E-state index < -0.39 is 49.7 Å². The molecule has 5 N–H and O–H groups in total. The molecule has 2 heterocycles. The fraction of sp³-hybridized carbons (Fsp3) is 0.452. The smallest absolute Gasteiger partial charge is 0.413 e. The first-order chi connectivity index (χ1) is 27.6. The Balaban J connectivity index is 1.29. The van der Waals surface area contributed by atoms with Crippen LogP contribution in [0, 0.1) is 0 Å². The third-order valence-corrected chi connectivity index (χ3v) is 10.2. The Morgan fingerprint density at radius 3 is 2.07 bits per heavy atom. The standard InChI is InChI=1S/C42H59FN5O8P/c1-3-4-5-6-7-8-9-10-11-12-13-14-15-16-17-18-19-20-24-27-37(49)45-31-29-44-30-32-46-57(53,56-35-25-22-21-23-26-35)54-34-36-42(2,52)39(43)40(55-36)48-33-28-38(50)47-41(48)51/h4-5,7-8,10-11,13-14,16-17,19-23,25-26,28,33,36,39-40,44,52H,3,6,9,12,15,18,24,27,29-32,34H2,1-2H3,(H,45,49)(H,46,53)(H,47,50,51). The van der Waals surface area contributed by atoms with Gasteiger partial charge in [-0.25, -0.2) is 18.8 Å². The van der Waals surface area contributed by atoms with E-state index in [2.05, 4.69) is 89.5 Å². The van der Waals surface area contributed by atoms with Crippen molar-refractivity contribution in [2.24, 2.45) is 0 Å². The first kappa shape index (κ1) is 46.9. The average molecular weight is 812 g/mol. The second kappa shape index (κ2) is 26.5. The maximum Gasteiger partial charge on any atom is 0.458 e. The molecule has 1 aliphatic rings. The van der Waals surface area contributed by atoms with Crippen LogP contribution in [0.4, 0.5) is 4.39 Å². The van der Waals surface area contributed by atoms with Crippen molar-refractivity contribution in [2.45, 2.75) is 89.3 Å². The summed E-state index contributed by atoms with van der Waals surface area (Å²) in [5.41, 5.74) is -3.73. The number of nitrogens with one attached hydrogen (secondary N) is 4. The molecule has 57 heavy (non-hydrogen) atoms. The summed E-state index contributed by atoms with van der Waals surface area (Å²) in [5.74, 6) is 0.185. The zero-order chi connectivity index (χ0) is 41.2. The molecule has 1 aliphatic heterocycles. The number of carbonyl (C=O) groups is 1. The second-order valence-corrected chi connectivity index (χ2v) is 15.1. The minimum atomic E-state index is -4.10. The molecule has 1 aromatic heterocycles. The van der Waals surface area contributed by atoms with Gasteiger partial charge in [0.2, 0.25) is 5.91 Å². The molecule has 3 rings (SSSR count). The molecule has 15 heteroatoms. The van der Waals surface area contributed by atoms with Crippen molar-refractivity contribution >= 4 is 13.7 Å². The minimum Gasteiger partial charge on any atom is -0.413 e. The Hall–Kier alpha value is -4.43. The quantitative estimate of drug-likeness (QED) is 0.0381. The maximum atomic E-state index is 15.3. The highest BCUT2D eigenvalue weighted by molar-refractivity contribution is 7.52. The Kier molecular flexibility index (Phi) is 21.8. The van der Waals surface area contributed by atoms with Gasteiger partial charge in [-0.15, -0.1) is 0 Å². The van der Waals surface area contributed by atoms with Gasteiger partial charge in [-0.2, -0.15) is 0 Å². The predicted molar refractivity (Wildman–Crippen MR) is 223 cm³/mol. The van der Waals surface area contributed by atoms with Crippen LogP contribution in [0.3, 0.4) is 0 Å². The number of carbonyl (C=O) groups excluding carboxylic acids is 1. The number of aromatic amines is 1. The Labute approximate surface area is 335 Å². The van der Waals surface area contributed by atoms with Crippen molar-refractivity contribution in [3.8, 4) is 5.75 Å². The largest absolute Gasteiger partial charge is 0.458 e. The molecule has 312 valence electrons. The molecule has 1 aromatic carbocycles. The summed E-state index contributed by atoms with van der Waals surface area (Å²) in [6.45, 7) is 4.07. The molecule has 1 amide bonds. The van der Waals surface area contributed by atoms with Crippen LogP contribution in [-0.2, 0) is 18.6 Å². The van der Waals surface area contributed by atoms with Crippen molar-refractivity contribution in [3.05, 3.63) is 136 Å². The van der Waals surface area contributed by atoms with Crippen molar-refractivity contribution in [2.75, 3.05) is 32.8 Å². The number of H-pyrrole nitrogens is 1. The number of rotatable bonds is 27. The summed E-state index contributed by atoms with van der Waals surface area (Å²) < 4.78 is 46.9. The van der Waals surface area contributed by atoms with E-state index in [1.54, 1.807) is 30.3 Å². The third-order valence-electron chi connectivity index (χ3n) is 8.62. The second-order valence-electron chi connectivity index (χ2n) is 13.3. The Morgan fingerprint density at radius 1 is 0.895 bits per heavy atom. The molecule has 0 aliphatic carbocycles. The number of halogens is 1. The lowest BCUT2D eigenvalue weighted by atomic mass is 9.96. The van der Waals surface area contributed by atoms with Crippen LogP contribution < -0.4 is 31.5 Å². The molecule has 5 atom stereocenters. The maximum absolute atomic E-state index is 15.3. The summed E-state index contributed by atoms with van der Waals surface area (Å²) >= 11 is 0. The van der Waals surface area contributed by atoms with Crippen LogP contribution in [0.2, 0.25) is 0 Å². The van der Waals surface area contributed by atoms with Gasteiger partial charge in [-0.3, -0.25) is 23.7 Å². The molecule has 2 aromatic rings. The fourth-order valence-electron chi connectivity index (χ4n) is 5.41. The molecule has 0 saturated carbocycles. The fourth-order valence-corrected chi connectivity index (χ4v) is 6.74. The highest BCUT2D eigenvalue weighted by Crippen LogP contribution is 2.46. The number of alkyl halides is 1. The van der Waals surface area contributed by atoms with E-state index in [0.717, 1.165) is 55.4 Å². The van der Waals surface area contributed by atoms with E-state index in [1.807, 2.05) is 11.1 Å².